The molecule has 1 aliphatic carbocycles. The second-order valence-corrected chi connectivity index (χ2v) is 7.03. The minimum absolute atomic E-state index is 0.0807. The molecule has 24 heavy (non-hydrogen) atoms. The number of rotatable bonds is 5. The second kappa shape index (κ2) is 7.18. The molecule has 1 aromatic heterocycles. The predicted octanol–water partition coefficient (Wildman–Crippen LogP) is 2.46. The first kappa shape index (κ1) is 16.7. The van der Waals surface area contributed by atoms with E-state index in [-0.39, 0.29) is 11.8 Å². The van der Waals surface area contributed by atoms with Crippen molar-refractivity contribution in [2.24, 2.45) is 11.7 Å². The SMILES string of the molecule is CC1(N)CCCCC1C(=O)NCc1ccccc1Cn1ccnc1. The smallest absolute Gasteiger partial charge is 0.225 e. The van der Waals surface area contributed by atoms with Gasteiger partial charge in [-0.25, -0.2) is 4.98 Å². The topological polar surface area (TPSA) is 72.9 Å². The van der Waals surface area contributed by atoms with Gasteiger partial charge < -0.3 is 15.6 Å². The Kier molecular flexibility index (Phi) is 5.00. The van der Waals surface area contributed by atoms with Crippen molar-refractivity contribution in [3.63, 3.8) is 0 Å². The summed E-state index contributed by atoms with van der Waals surface area (Å²) in [5.74, 6) is -0.0100. The molecule has 3 N–H and O–H groups in total. The molecule has 2 unspecified atom stereocenters. The number of nitrogens with one attached hydrogen (secondary N) is 1. The van der Waals surface area contributed by atoms with E-state index in [0.29, 0.717) is 6.54 Å². The van der Waals surface area contributed by atoms with Crippen molar-refractivity contribution < 1.29 is 4.79 Å². The lowest BCUT2D eigenvalue weighted by Crippen LogP contribution is -2.52. The van der Waals surface area contributed by atoms with Crippen LogP contribution in [0.15, 0.2) is 43.0 Å². The van der Waals surface area contributed by atoms with E-state index in [9.17, 15) is 4.79 Å². The molecule has 1 heterocycles. The van der Waals surface area contributed by atoms with Gasteiger partial charge in [0, 0.05) is 31.0 Å². The molecule has 3 rings (SSSR count). The number of carbonyl (C=O) groups is 1. The standard InChI is InChI=1S/C19H26N4O/c1-19(20)9-5-4-8-17(19)18(24)22-12-15-6-2-3-7-16(15)13-23-11-10-21-14-23/h2-3,6-7,10-11,14,17H,4-5,8-9,12-13,20H2,1H3,(H,22,24). The molecule has 5 heteroatoms. The van der Waals surface area contributed by atoms with Crippen LogP contribution < -0.4 is 11.1 Å². The van der Waals surface area contributed by atoms with E-state index in [4.69, 9.17) is 5.73 Å². The van der Waals surface area contributed by atoms with Gasteiger partial charge in [0.15, 0.2) is 0 Å². The maximum atomic E-state index is 12.6. The fraction of sp³-hybridized carbons (Fsp3) is 0.474. The third-order valence-corrected chi connectivity index (χ3v) is 5.05. The molecule has 0 radical (unpaired) electrons. The molecule has 1 saturated carbocycles. The van der Waals surface area contributed by atoms with Crippen LogP contribution in [0.5, 0.6) is 0 Å². The van der Waals surface area contributed by atoms with E-state index in [1.54, 1.807) is 12.5 Å². The number of nitrogens with zero attached hydrogens (tertiary/aromatic N) is 2. The van der Waals surface area contributed by atoms with Gasteiger partial charge in [0.25, 0.3) is 0 Å². The Hall–Kier alpha value is -2.14. The summed E-state index contributed by atoms with van der Waals surface area (Å²) in [5.41, 5.74) is 8.27. The summed E-state index contributed by atoms with van der Waals surface area (Å²) in [4.78, 5) is 16.7. The van der Waals surface area contributed by atoms with Crippen LogP contribution in [0.2, 0.25) is 0 Å². The highest BCUT2D eigenvalue weighted by Crippen LogP contribution is 2.31. The molecule has 0 aliphatic heterocycles. The molecule has 2 aromatic rings. The number of hydrogen-bond acceptors (Lipinski definition) is 3. The van der Waals surface area contributed by atoms with E-state index < -0.39 is 5.54 Å². The number of aromatic nitrogens is 2. The number of carbonyl (C=O) groups excluding carboxylic acids is 1. The van der Waals surface area contributed by atoms with E-state index in [2.05, 4.69) is 22.4 Å². The highest BCUT2D eigenvalue weighted by molar-refractivity contribution is 5.80. The molecule has 1 aliphatic rings. The molecule has 2 atom stereocenters. The summed E-state index contributed by atoms with van der Waals surface area (Å²) in [7, 11) is 0. The fourth-order valence-electron chi connectivity index (χ4n) is 3.56. The molecule has 0 bridgehead atoms. The van der Waals surface area contributed by atoms with E-state index in [1.807, 2.05) is 29.8 Å². The summed E-state index contributed by atoms with van der Waals surface area (Å²) in [6.07, 6.45) is 9.52. The molecule has 5 nitrogen and oxygen atoms in total. The monoisotopic (exact) mass is 326 g/mol. The lowest BCUT2D eigenvalue weighted by molar-refractivity contribution is -0.128. The Balaban J connectivity index is 1.65. The number of benzene rings is 1. The van der Waals surface area contributed by atoms with Crippen molar-refractivity contribution >= 4 is 5.91 Å². The van der Waals surface area contributed by atoms with Gasteiger partial charge in [-0.15, -0.1) is 0 Å². The average molecular weight is 326 g/mol. The molecule has 0 spiro atoms. The number of nitrogens with two attached hydrogens (primary N) is 1. The van der Waals surface area contributed by atoms with Gasteiger partial charge in [0.2, 0.25) is 5.91 Å². The Bertz CT molecular complexity index is 678. The molecule has 1 aromatic carbocycles. The number of hydrogen-bond donors (Lipinski definition) is 2. The Labute approximate surface area is 143 Å². The van der Waals surface area contributed by atoms with Crippen LogP contribution in [0.1, 0.15) is 43.7 Å². The van der Waals surface area contributed by atoms with Crippen LogP contribution in [0.3, 0.4) is 0 Å². The highest BCUT2D eigenvalue weighted by Gasteiger charge is 2.37. The maximum Gasteiger partial charge on any atom is 0.225 e. The predicted molar refractivity (Wildman–Crippen MR) is 94.2 cm³/mol. The molecule has 0 saturated heterocycles. The minimum Gasteiger partial charge on any atom is -0.352 e. The third kappa shape index (κ3) is 3.85. The molecule has 1 fully saturated rings. The second-order valence-electron chi connectivity index (χ2n) is 7.03. The lowest BCUT2D eigenvalue weighted by Gasteiger charge is -2.37. The van der Waals surface area contributed by atoms with E-state index >= 15 is 0 Å². The molecular formula is C19H26N4O. The Morgan fingerprint density at radius 2 is 2.17 bits per heavy atom. The van der Waals surface area contributed by atoms with Crippen molar-refractivity contribution in [1.29, 1.82) is 0 Å². The van der Waals surface area contributed by atoms with Crippen molar-refractivity contribution in [1.82, 2.24) is 14.9 Å². The van der Waals surface area contributed by atoms with Crippen LogP contribution in [0, 0.1) is 5.92 Å². The summed E-state index contributed by atoms with van der Waals surface area (Å²) in [6.45, 7) is 3.30. The number of imidazole rings is 1. The highest BCUT2D eigenvalue weighted by atomic mass is 16.1. The van der Waals surface area contributed by atoms with E-state index in [1.165, 1.54) is 5.56 Å². The van der Waals surface area contributed by atoms with Crippen LogP contribution in [-0.2, 0) is 17.9 Å². The van der Waals surface area contributed by atoms with Gasteiger partial charge in [-0.05, 0) is 30.9 Å². The van der Waals surface area contributed by atoms with Crippen molar-refractivity contribution in [3.05, 3.63) is 54.1 Å². The van der Waals surface area contributed by atoms with Gasteiger partial charge in [-0.1, -0.05) is 37.1 Å². The third-order valence-electron chi connectivity index (χ3n) is 5.05. The van der Waals surface area contributed by atoms with Crippen LogP contribution >= 0.6 is 0 Å². The van der Waals surface area contributed by atoms with E-state index in [0.717, 1.165) is 37.8 Å². The quantitative estimate of drug-likeness (QED) is 0.886. The molecular weight excluding hydrogens is 300 g/mol. The largest absolute Gasteiger partial charge is 0.352 e. The fourth-order valence-corrected chi connectivity index (χ4v) is 3.56. The normalized spacial score (nSPS) is 23.8. The van der Waals surface area contributed by atoms with Gasteiger partial charge >= 0.3 is 0 Å². The Morgan fingerprint density at radius 1 is 1.38 bits per heavy atom. The Morgan fingerprint density at radius 3 is 2.88 bits per heavy atom. The van der Waals surface area contributed by atoms with Crippen LogP contribution in [-0.4, -0.2) is 21.0 Å². The van der Waals surface area contributed by atoms with Gasteiger partial charge in [-0.2, -0.15) is 0 Å². The maximum absolute atomic E-state index is 12.6. The first-order valence-corrected chi connectivity index (χ1v) is 8.65. The summed E-state index contributed by atoms with van der Waals surface area (Å²) >= 11 is 0. The lowest BCUT2D eigenvalue weighted by atomic mass is 9.74. The summed E-state index contributed by atoms with van der Waals surface area (Å²) < 4.78 is 2.03. The minimum atomic E-state index is -0.390. The summed E-state index contributed by atoms with van der Waals surface area (Å²) in [5, 5.41) is 3.10. The van der Waals surface area contributed by atoms with Crippen LogP contribution in [0.25, 0.3) is 0 Å². The van der Waals surface area contributed by atoms with Crippen molar-refractivity contribution in [2.45, 2.75) is 51.2 Å². The zero-order chi connectivity index (χ0) is 17.0. The van der Waals surface area contributed by atoms with Gasteiger partial charge in [-0.3, -0.25) is 4.79 Å². The van der Waals surface area contributed by atoms with Gasteiger partial charge in [0.1, 0.15) is 0 Å². The summed E-state index contributed by atoms with van der Waals surface area (Å²) in [6, 6.07) is 8.19. The van der Waals surface area contributed by atoms with Crippen molar-refractivity contribution in [3.8, 4) is 0 Å². The molecule has 1 amide bonds. The average Bonchev–Trinajstić information content (AvgIpc) is 3.06. The van der Waals surface area contributed by atoms with Gasteiger partial charge in [0.05, 0.1) is 12.2 Å². The zero-order valence-corrected chi connectivity index (χ0v) is 14.2. The number of amides is 1. The molecule has 128 valence electrons. The van der Waals surface area contributed by atoms with Crippen LogP contribution in [0.4, 0.5) is 0 Å². The van der Waals surface area contributed by atoms with Crippen molar-refractivity contribution in [2.75, 3.05) is 0 Å². The first-order chi connectivity index (χ1) is 11.6. The first-order valence-electron chi connectivity index (χ1n) is 8.65. The zero-order valence-electron chi connectivity index (χ0n) is 14.2.